The number of hydrogen-bond acceptors (Lipinski definition) is 4. The summed E-state index contributed by atoms with van der Waals surface area (Å²) in [5, 5.41) is 13.6. The molecule has 25 heavy (non-hydrogen) atoms. The summed E-state index contributed by atoms with van der Waals surface area (Å²) in [6.07, 6.45) is 4.07. The van der Waals surface area contributed by atoms with Crippen LogP contribution >= 0.6 is 0 Å². The topological polar surface area (TPSA) is 88.3 Å². The number of carboxylic acid groups (broad SMARTS) is 1. The molecule has 0 radical (unpaired) electrons. The van der Waals surface area contributed by atoms with E-state index in [4.69, 9.17) is 0 Å². The summed E-state index contributed by atoms with van der Waals surface area (Å²) in [7, 11) is 0. The fraction of sp³-hybridized carbons (Fsp3) is 0.444. The largest absolute Gasteiger partial charge is 0.476 e. The molecule has 7 nitrogen and oxygen atoms in total. The predicted octanol–water partition coefficient (Wildman–Crippen LogP) is 2.15. The maximum absolute atomic E-state index is 12.8. The number of pyridine rings is 1. The van der Waals surface area contributed by atoms with Crippen LogP contribution < -0.4 is 0 Å². The van der Waals surface area contributed by atoms with Gasteiger partial charge in [-0.3, -0.25) is 14.5 Å². The molecule has 2 aromatic rings. The summed E-state index contributed by atoms with van der Waals surface area (Å²) < 4.78 is 1.73. The lowest BCUT2D eigenvalue weighted by Crippen LogP contribution is -2.36. The van der Waals surface area contributed by atoms with Crippen LogP contribution in [0.25, 0.3) is 0 Å². The van der Waals surface area contributed by atoms with Gasteiger partial charge in [-0.1, -0.05) is 13.3 Å². The predicted molar refractivity (Wildman–Crippen MR) is 91.5 cm³/mol. The van der Waals surface area contributed by atoms with Gasteiger partial charge < -0.3 is 10.0 Å². The van der Waals surface area contributed by atoms with Gasteiger partial charge in [-0.2, -0.15) is 5.10 Å². The van der Waals surface area contributed by atoms with Crippen molar-refractivity contribution in [1.82, 2.24) is 19.7 Å². The molecule has 0 saturated heterocycles. The van der Waals surface area contributed by atoms with Gasteiger partial charge in [-0.25, -0.2) is 4.79 Å². The molecule has 3 heterocycles. The number of aromatic nitrogens is 3. The van der Waals surface area contributed by atoms with Crippen LogP contribution in [-0.2, 0) is 25.9 Å². The van der Waals surface area contributed by atoms with E-state index < -0.39 is 5.97 Å². The third-order valence-corrected chi connectivity index (χ3v) is 4.49. The molecule has 0 fully saturated rings. The van der Waals surface area contributed by atoms with Crippen molar-refractivity contribution in [2.24, 2.45) is 0 Å². The zero-order chi connectivity index (χ0) is 18.0. The number of rotatable bonds is 5. The van der Waals surface area contributed by atoms with Crippen molar-refractivity contribution in [1.29, 1.82) is 0 Å². The summed E-state index contributed by atoms with van der Waals surface area (Å²) in [5.74, 6) is -1.14. The number of hydrogen-bond donors (Lipinski definition) is 1. The highest BCUT2D eigenvalue weighted by molar-refractivity contribution is 5.95. The lowest BCUT2D eigenvalue weighted by atomic mass is 10.0. The molecule has 0 atom stereocenters. The molecule has 0 bridgehead atoms. The molecule has 0 aliphatic carbocycles. The van der Waals surface area contributed by atoms with Crippen LogP contribution in [0, 0.1) is 0 Å². The van der Waals surface area contributed by atoms with Crippen LogP contribution in [0.2, 0.25) is 0 Å². The minimum absolute atomic E-state index is 0.0516. The average molecular weight is 342 g/mol. The van der Waals surface area contributed by atoms with Gasteiger partial charge in [0, 0.05) is 48.2 Å². The lowest BCUT2D eigenvalue weighted by Gasteiger charge is -2.27. The molecule has 0 aromatic carbocycles. The number of fused-ring (bicyclic) bond motifs is 1. The van der Waals surface area contributed by atoms with E-state index in [1.807, 2.05) is 13.0 Å². The fourth-order valence-corrected chi connectivity index (χ4v) is 3.28. The van der Waals surface area contributed by atoms with E-state index in [-0.39, 0.29) is 18.1 Å². The highest BCUT2D eigenvalue weighted by Gasteiger charge is 2.30. The summed E-state index contributed by atoms with van der Waals surface area (Å²) >= 11 is 0. The minimum atomic E-state index is -1.05. The Hall–Kier alpha value is -2.70. The Balaban J connectivity index is 1.87. The Morgan fingerprint density at radius 1 is 1.32 bits per heavy atom. The lowest BCUT2D eigenvalue weighted by molar-refractivity contribution is 0.0674. The summed E-state index contributed by atoms with van der Waals surface area (Å²) in [4.78, 5) is 30.3. The zero-order valence-corrected chi connectivity index (χ0v) is 14.5. The second-order valence-electron chi connectivity index (χ2n) is 6.16. The Labute approximate surface area is 146 Å². The molecular weight excluding hydrogens is 320 g/mol. The number of carbonyl (C=O) groups excluding carboxylic acids is 1. The molecule has 7 heteroatoms. The molecule has 0 saturated carbocycles. The third kappa shape index (κ3) is 3.26. The van der Waals surface area contributed by atoms with Crippen LogP contribution in [-0.4, -0.2) is 43.2 Å². The van der Waals surface area contributed by atoms with E-state index >= 15 is 0 Å². The average Bonchev–Trinajstić information content (AvgIpc) is 3.00. The Morgan fingerprint density at radius 2 is 2.12 bits per heavy atom. The van der Waals surface area contributed by atoms with Gasteiger partial charge >= 0.3 is 5.97 Å². The van der Waals surface area contributed by atoms with Gasteiger partial charge in [-0.15, -0.1) is 0 Å². The van der Waals surface area contributed by atoms with Crippen LogP contribution in [0.15, 0.2) is 18.3 Å². The Kier molecular flexibility index (Phi) is 4.83. The summed E-state index contributed by atoms with van der Waals surface area (Å²) in [6, 6.07) is 3.54. The number of amides is 1. The SMILES string of the molecule is CCCc1cc(C(=O)N2CCc3c(c(C(=O)O)nn3CC)C2)ccn1. The Bertz CT molecular complexity index is 813. The third-order valence-electron chi connectivity index (χ3n) is 4.49. The standard InChI is InChI=1S/C18H22N4O3/c1-3-5-13-10-12(6-8-19-13)17(23)21-9-7-15-14(11-21)16(18(24)25)20-22(15)4-2/h6,8,10H,3-5,7,9,11H2,1-2H3,(H,24,25). The van der Waals surface area contributed by atoms with Crippen molar-refractivity contribution in [2.45, 2.75) is 46.2 Å². The number of carbonyl (C=O) groups is 2. The van der Waals surface area contributed by atoms with Crippen LogP contribution in [0.4, 0.5) is 0 Å². The molecule has 1 amide bonds. The van der Waals surface area contributed by atoms with Crippen LogP contribution in [0.5, 0.6) is 0 Å². The maximum Gasteiger partial charge on any atom is 0.356 e. The first-order chi connectivity index (χ1) is 12.0. The normalized spacial score (nSPS) is 13.6. The van der Waals surface area contributed by atoms with Crippen molar-refractivity contribution in [3.63, 3.8) is 0 Å². The summed E-state index contributed by atoms with van der Waals surface area (Å²) in [5.41, 5.74) is 3.12. The van der Waals surface area contributed by atoms with Gasteiger partial charge in [0.05, 0.1) is 6.54 Å². The van der Waals surface area contributed by atoms with E-state index in [1.165, 1.54) is 0 Å². The van der Waals surface area contributed by atoms with Gasteiger partial charge in [0.1, 0.15) is 0 Å². The maximum atomic E-state index is 12.8. The molecule has 3 rings (SSSR count). The Morgan fingerprint density at radius 3 is 2.80 bits per heavy atom. The van der Waals surface area contributed by atoms with E-state index in [9.17, 15) is 14.7 Å². The van der Waals surface area contributed by atoms with Crippen LogP contribution in [0.3, 0.4) is 0 Å². The van der Waals surface area contributed by atoms with Gasteiger partial charge in [0.2, 0.25) is 0 Å². The summed E-state index contributed by atoms with van der Waals surface area (Å²) in [6.45, 7) is 5.46. The smallest absolute Gasteiger partial charge is 0.356 e. The molecule has 0 spiro atoms. The van der Waals surface area contributed by atoms with Crippen molar-refractivity contribution >= 4 is 11.9 Å². The van der Waals surface area contributed by atoms with Crippen molar-refractivity contribution in [2.75, 3.05) is 6.54 Å². The van der Waals surface area contributed by atoms with Gasteiger partial charge in [0.25, 0.3) is 5.91 Å². The van der Waals surface area contributed by atoms with Crippen molar-refractivity contribution in [3.8, 4) is 0 Å². The molecular formula is C18H22N4O3. The highest BCUT2D eigenvalue weighted by atomic mass is 16.4. The first-order valence-electron chi connectivity index (χ1n) is 8.61. The molecule has 0 unspecified atom stereocenters. The molecule has 2 aromatic heterocycles. The second kappa shape index (κ2) is 7.04. The van der Waals surface area contributed by atoms with E-state index in [2.05, 4.69) is 17.0 Å². The van der Waals surface area contributed by atoms with Crippen molar-refractivity contribution in [3.05, 3.63) is 46.5 Å². The molecule has 1 aliphatic heterocycles. The fourth-order valence-electron chi connectivity index (χ4n) is 3.28. The monoisotopic (exact) mass is 342 g/mol. The quantitative estimate of drug-likeness (QED) is 0.899. The van der Waals surface area contributed by atoms with E-state index in [0.29, 0.717) is 30.6 Å². The van der Waals surface area contributed by atoms with Crippen molar-refractivity contribution < 1.29 is 14.7 Å². The first kappa shape index (κ1) is 17.1. The number of nitrogens with zero attached hydrogens (tertiary/aromatic N) is 4. The molecule has 1 aliphatic rings. The van der Waals surface area contributed by atoms with Crippen LogP contribution in [0.1, 0.15) is 58.1 Å². The van der Waals surface area contributed by atoms with Gasteiger partial charge in [-0.05, 0) is 25.5 Å². The minimum Gasteiger partial charge on any atom is -0.476 e. The highest BCUT2D eigenvalue weighted by Crippen LogP contribution is 2.24. The number of aryl methyl sites for hydroxylation is 2. The first-order valence-corrected chi connectivity index (χ1v) is 8.61. The van der Waals surface area contributed by atoms with Gasteiger partial charge in [0.15, 0.2) is 5.69 Å². The molecule has 132 valence electrons. The zero-order valence-electron chi connectivity index (χ0n) is 14.5. The molecule has 1 N–H and O–H groups in total. The van der Waals surface area contributed by atoms with E-state index in [1.54, 1.807) is 21.8 Å². The number of carboxylic acids is 1. The van der Waals surface area contributed by atoms with E-state index in [0.717, 1.165) is 24.2 Å². The number of aromatic carboxylic acids is 1. The second-order valence-corrected chi connectivity index (χ2v) is 6.16.